The molecule has 0 atom stereocenters. The lowest BCUT2D eigenvalue weighted by Crippen LogP contribution is -2.48. The fourth-order valence-corrected chi connectivity index (χ4v) is 2.87. The SMILES string of the molecule is CN(C)C(=O)CN1CCN(Cc2ccc(-n3cccn3)cc2)CC1. The molecule has 1 amide bonds. The minimum Gasteiger partial charge on any atom is -0.348 e. The van der Waals surface area contributed by atoms with E-state index in [1.54, 1.807) is 11.1 Å². The highest BCUT2D eigenvalue weighted by Crippen LogP contribution is 2.12. The maximum atomic E-state index is 11.8. The van der Waals surface area contributed by atoms with Crippen molar-refractivity contribution in [1.82, 2.24) is 24.5 Å². The summed E-state index contributed by atoms with van der Waals surface area (Å²) in [5.74, 6) is 0.178. The van der Waals surface area contributed by atoms with Crippen molar-refractivity contribution in [3.8, 4) is 5.69 Å². The molecule has 24 heavy (non-hydrogen) atoms. The molecule has 1 saturated heterocycles. The van der Waals surface area contributed by atoms with Crippen LogP contribution in [0.5, 0.6) is 0 Å². The van der Waals surface area contributed by atoms with Crippen molar-refractivity contribution in [3.63, 3.8) is 0 Å². The molecule has 1 aromatic carbocycles. The summed E-state index contributed by atoms with van der Waals surface area (Å²) < 4.78 is 1.87. The molecule has 1 aliphatic rings. The lowest BCUT2D eigenvalue weighted by Gasteiger charge is -2.34. The van der Waals surface area contributed by atoms with Crippen molar-refractivity contribution < 1.29 is 4.79 Å². The van der Waals surface area contributed by atoms with Gasteiger partial charge in [0.25, 0.3) is 0 Å². The molecular formula is C18H25N5O. The van der Waals surface area contributed by atoms with E-state index in [0.29, 0.717) is 6.54 Å². The number of carbonyl (C=O) groups is 1. The van der Waals surface area contributed by atoms with Crippen LogP contribution in [0.4, 0.5) is 0 Å². The van der Waals surface area contributed by atoms with E-state index in [1.807, 2.05) is 31.0 Å². The minimum absolute atomic E-state index is 0.178. The first-order valence-corrected chi connectivity index (χ1v) is 8.35. The highest BCUT2D eigenvalue weighted by atomic mass is 16.2. The predicted octanol–water partition coefficient (Wildman–Crippen LogP) is 1.08. The number of aromatic nitrogens is 2. The highest BCUT2D eigenvalue weighted by molar-refractivity contribution is 5.77. The Kier molecular flexibility index (Phi) is 5.27. The molecule has 0 aliphatic carbocycles. The Labute approximate surface area is 143 Å². The number of nitrogens with zero attached hydrogens (tertiary/aromatic N) is 5. The number of hydrogen-bond donors (Lipinski definition) is 0. The van der Waals surface area contributed by atoms with E-state index >= 15 is 0 Å². The molecule has 2 heterocycles. The van der Waals surface area contributed by atoms with Gasteiger partial charge in [-0.25, -0.2) is 4.68 Å². The van der Waals surface area contributed by atoms with Gasteiger partial charge in [0.15, 0.2) is 0 Å². The fourth-order valence-electron chi connectivity index (χ4n) is 2.87. The topological polar surface area (TPSA) is 44.6 Å². The molecule has 3 rings (SSSR count). The van der Waals surface area contributed by atoms with Crippen LogP contribution in [0.3, 0.4) is 0 Å². The molecule has 6 heteroatoms. The van der Waals surface area contributed by atoms with Crippen LogP contribution in [0.1, 0.15) is 5.56 Å². The Hall–Kier alpha value is -2.18. The van der Waals surface area contributed by atoms with Crippen molar-refractivity contribution in [2.75, 3.05) is 46.8 Å². The second-order valence-corrected chi connectivity index (χ2v) is 6.46. The van der Waals surface area contributed by atoms with Crippen LogP contribution in [0.2, 0.25) is 0 Å². The zero-order valence-electron chi connectivity index (χ0n) is 14.4. The van der Waals surface area contributed by atoms with E-state index in [1.165, 1.54) is 5.56 Å². The third-order valence-electron chi connectivity index (χ3n) is 4.43. The number of piperazine rings is 1. The maximum Gasteiger partial charge on any atom is 0.236 e. The summed E-state index contributed by atoms with van der Waals surface area (Å²) in [5.41, 5.74) is 2.39. The fraction of sp³-hybridized carbons (Fsp3) is 0.444. The molecule has 0 radical (unpaired) electrons. The average molecular weight is 327 g/mol. The number of carbonyl (C=O) groups excluding carboxylic acids is 1. The molecule has 1 fully saturated rings. The van der Waals surface area contributed by atoms with Gasteiger partial charge in [-0.15, -0.1) is 0 Å². The van der Waals surface area contributed by atoms with Crippen LogP contribution in [-0.4, -0.2) is 77.2 Å². The molecule has 2 aromatic rings. The normalized spacial score (nSPS) is 16.2. The zero-order valence-corrected chi connectivity index (χ0v) is 14.4. The van der Waals surface area contributed by atoms with Crippen LogP contribution in [-0.2, 0) is 11.3 Å². The highest BCUT2D eigenvalue weighted by Gasteiger charge is 2.19. The van der Waals surface area contributed by atoms with Gasteiger partial charge in [0.05, 0.1) is 12.2 Å². The Morgan fingerprint density at radius 2 is 1.75 bits per heavy atom. The summed E-state index contributed by atoms with van der Waals surface area (Å²) >= 11 is 0. The van der Waals surface area contributed by atoms with Crippen molar-refractivity contribution in [3.05, 3.63) is 48.3 Å². The van der Waals surface area contributed by atoms with Gasteiger partial charge in [0.2, 0.25) is 5.91 Å². The molecule has 128 valence electrons. The number of likely N-dealkylation sites (N-methyl/N-ethyl adjacent to an activating group) is 1. The summed E-state index contributed by atoms with van der Waals surface area (Å²) in [4.78, 5) is 18.1. The van der Waals surface area contributed by atoms with Crippen LogP contribution < -0.4 is 0 Å². The monoisotopic (exact) mass is 327 g/mol. The van der Waals surface area contributed by atoms with E-state index in [9.17, 15) is 4.79 Å². The summed E-state index contributed by atoms with van der Waals surface area (Å²) in [6, 6.07) is 10.5. The van der Waals surface area contributed by atoms with E-state index in [0.717, 1.165) is 38.4 Å². The molecule has 0 bridgehead atoms. The third-order valence-corrected chi connectivity index (χ3v) is 4.43. The van der Waals surface area contributed by atoms with E-state index in [4.69, 9.17) is 0 Å². The average Bonchev–Trinajstić information content (AvgIpc) is 3.12. The van der Waals surface area contributed by atoms with Crippen molar-refractivity contribution in [1.29, 1.82) is 0 Å². The smallest absolute Gasteiger partial charge is 0.236 e. The molecule has 1 aromatic heterocycles. The van der Waals surface area contributed by atoms with Gasteiger partial charge in [0.1, 0.15) is 0 Å². The zero-order chi connectivity index (χ0) is 16.9. The molecule has 0 N–H and O–H groups in total. The largest absolute Gasteiger partial charge is 0.348 e. The van der Waals surface area contributed by atoms with Crippen LogP contribution in [0.25, 0.3) is 5.69 Å². The molecule has 0 saturated carbocycles. The molecule has 0 unspecified atom stereocenters. The Morgan fingerprint density at radius 1 is 1.08 bits per heavy atom. The lowest BCUT2D eigenvalue weighted by molar-refractivity contribution is -0.130. The number of benzene rings is 1. The van der Waals surface area contributed by atoms with E-state index in [-0.39, 0.29) is 5.91 Å². The van der Waals surface area contributed by atoms with E-state index < -0.39 is 0 Å². The quantitative estimate of drug-likeness (QED) is 0.824. The number of amides is 1. The number of rotatable bonds is 5. The molecular weight excluding hydrogens is 302 g/mol. The van der Waals surface area contributed by atoms with Gasteiger partial charge in [-0.3, -0.25) is 14.6 Å². The van der Waals surface area contributed by atoms with Crippen molar-refractivity contribution in [2.45, 2.75) is 6.54 Å². The second-order valence-electron chi connectivity index (χ2n) is 6.46. The first-order chi connectivity index (χ1) is 11.6. The molecule has 6 nitrogen and oxygen atoms in total. The Morgan fingerprint density at radius 3 is 2.33 bits per heavy atom. The Balaban J connectivity index is 1.48. The summed E-state index contributed by atoms with van der Waals surface area (Å²) in [6.07, 6.45) is 3.73. The molecule has 0 spiro atoms. The first-order valence-electron chi connectivity index (χ1n) is 8.35. The second kappa shape index (κ2) is 7.59. The maximum absolute atomic E-state index is 11.8. The van der Waals surface area contributed by atoms with Gasteiger partial charge >= 0.3 is 0 Å². The van der Waals surface area contributed by atoms with E-state index in [2.05, 4.69) is 39.2 Å². The van der Waals surface area contributed by atoms with Crippen LogP contribution in [0.15, 0.2) is 42.7 Å². The van der Waals surface area contributed by atoms with Crippen LogP contribution in [0, 0.1) is 0 Å². The van der Waals surface area contributed by atoms with Gasteiger partial charge in [0, 0.05) is 59.2 Å². The van der Waals surface area contributed by atoms with Crippen molar-refractivity contribution in [2.24, 2.45) is 0 Å². The Bertz CT molecular complexity index is 643. The standard InChI is InChI=1S/C18H25N5O/c1-20(2)18(24)15-22-12-10-21(11-13-22)14-16-4-6-17(7-5-16)23-9-3-8-19-23/h3-9H,10-15H2,1-2H3. The van der Waals surface area contributed by atoms with Gasteiger partial charge in [-0.05, 0) is 23.8 Å². The number of hydrogen-bond acceptors (Lipinski definition) is 4. The van der Waals surface area contributed by atoms with Gasteiger partial charge in [-0.1, -0.05) is 12.1 Å². The summed E-state index contributed by atoms with van der Waals surface area (Å²) in [5, 5.41) is 4.25. The molecule has 1 aliphatic heterocycles. The van der Waals surface area contributed by atoms with Crippen molar-refractivity contribution >= 4 is 5.91 Å². The minimum atomic E-state index is 0.178. The lowest BCUT2D eigenvalue weighted by atomic mass is 10.2. The van der Waals surface area contributed by atoms with Gasteiger partial charge < -0.3 is 4.90 Å². The first kappa shape index (κ1) is 16.7. The van der Waals surface area contributed by atoms with Gasteiger partial charge in [-0.2, -0.15) is 5.10 Å². The predicted molar refractivity (Wildman–Crippen MR) is 94.0 cm³/mol. The van der Waals surface area contributed by atoms with Crippen LogP contribution >= 0.6 is 0 Å². The third kappa shape index (κ3) is 4.21. The summed E-state index contributed by atoms with van der Waals surface area (Å²) in [7, 11) is 3.62. The summed E-state index contributed by atoms with van der Waals surface area (Å²) in [6.45, 7) is 5.38.